The SMILES string of the molecule is CC(C)Cn1cnc2c(Cl)cc(Cl)cc2c1=O. The molecular weight excluding hydrogens is 259 g/mol. The van der Waals surface area contributed by atoms with E-state index >= 15 is 0 Å². The maximum absolute atomic E-state index is 12.2. The van der Waals surface area contributed by atoms with Gasteiger partial charge in [-0.3, -0.25) is 9.36 Å². The number of nitrogens with zero attached hydrogens (tertiary/aromatic N) is 2. The topological polar surface area (TPSA) is 34.9 Å². The fourth-order valence-corrected chi connectivity index (χ4v) is 2.26. The molecule has 2 rings (SSSR count). The fourth-order valence-electron chi connectivity index (χ4n) is 1.72. The molecule has 0 radical (unpaired) electrons. The molecule has 0 saturated carbocycles. The summed E-state index contributed by atoms with van der Waals surface area (Å²) in [5.74, 6) is 0.376. The minimum atomic E-state index is -0.104. The highest BCUT2D eigenvalue weighted by Crippen LogP contribution is 2.23. The Hall–Kier alpha value is -1.06. The lowest BCUT2D eigenvalue weighted by atomic mass is 10.2. The van der Waals surface area contributed by atoms with E-state index < -0.39 is 0 Å². The van der Waals surface area contributed by atoms with Gasteiger partial charge in [0.25, 0.3) is 5.56 Å². The van der Waals surface area contributed by atoms with Crippen LogP contribution < -0.4 is 5.56 Å². The van der Waals surface area contributed by atoms with Crippen LogP contribution in [0.25, 0.3) is 10.9 Å². The fraction of sp³-hybridized carbons (Fsp3) is 0.333. The molecule has 1 heterocycles. The average molecular weight is 271 g/mol. The normalized spacial score (nSPS) is 11.4. The molecule has 5 heteroatoms. The number of rotatable bonds is 2. The summed E-state index contributed by atoms with van der Waals surface area (Å²) in [5, 5.41) is 1.32. The highest BCUT2D eigenvalue weighted by Gasteiger charge is 2.09. The van der Waals surface area contributed by atoms with E-state index in [4.69, 9.17) is 23.2 Å². The van der Waals surface area contributed by atoms with Gasteiger partial charge in [-0.2, -0.15) is 0 Å². The lowest BCUT2D eigenvalue weighted by molar-refractivity contribution is 0.508. The van der Waals surface area contributed by atoms with Gasteiger partial charge in [-0.25, -0.2) is 4.98 Å². The molecule has 0 unspecified atom stereocenters. The monoisotopic (exact) mass is 270 g/mol. The van der Waals surface area contributed by atoms with E-state index in [2.05, 4.69) is 4.98 Å². The number of halogens is 2. The van der Waals surface area contributed by atoms with Gasteiger partial charge < -0.3 is 0 Å². The quantitative estimate of drug-likeness (QED) is 0.839. The molecule has 3 nitrogen and oxygen atoms in total. The highest BCUT2D eigenvalue weighted by molar-refractivity contribution is 6.38. The van der Waals surface area contributed by atoms with Crippen LogP contribution in [0.3, 0.4) is 0 Å². The zero-order valence-corrected chi connectivity index (χ0v) is 11.1. The summed E-state index contributed by atoms with van der Waals surface area (Å²) >= 11 is 11.9. The molecule has 0 atom stereocenters. The lowest BCUT2D eigenvalue weighted by Gasteiger charge is -2.09. The van der Waals surface area contributed by atoms with E-state index in [-0.39, 0.29) is 5.56 Å². The van der Waals surface area contributed by atoms with Gasteiger partial charge in [0.1, 0.15) is 0 Å². The first-order valence-corrected chi connectivity index (χ1v) is 6.09. The van der Waals surface area contributed by atoms with Crippen LogP contribution in [0.1, 0.15) is 13.8 Å². The summed E-state index contributed by atoms with van der Waals surface area (Å²) < 4.78 is 1.58. The molecular formula is C12H12Cl2N2O. The van der Waals surface area contributed by atoms with Gasteiger partial charge in [0, 0.05) is 11.6 Å². The van der Waals surface area contributed by atoms with Gasteiger partial charge >= 0.3 is 0 Å². The number of hydrogen-bond donors (Lipinski definition) is 0. The van der Waals surface area contributed by atoms with Crippen molar-refractivity contribution in [3.63, 3.8) is 0 Å². The molecule has 1 aromatic carbocycles. The molecule has 0 saturated heterocycles. The molecule has 0 N–H and O–H groups in total. The van der Waals surface area contributed by atoms with Crippen molar-refractivity contribution in [2.75, 3.05) is 0 Å². The van der Waals surface area contributed by atoms with Crippen LogP contribution in [0.15, 0.2) is 23.3 Å². The van der Waals surface area contributed by atoms with Gasteiger partial charge in [0.2, 0.25) is 0 Å². The van der Waals surface area contributed by atoms with Crippen molar-refractivity contribution >= 4 is 34.1 Å². The minimum absolute atomic E-state index is 0.104. The predicted molar refractivity (Wildman–Crippen MR) is 70.9 cm³/mol. The van der Waals surface area contributed by atoms with E-state index in [9.17, 15) is 4.79 Å². The minimum Gasteiger partial charge on any atom is -0.298 e. The van der Waals surface area contributed by atoms with Crippen LogP contribution in [0.4, 0.5) is 0 Å². The number of fused-ring (bicyclic) bond motifs is 1. The van der Waals surface area contributed by atoms with Crippen molar-refractivity contribution in [3.8, 4) is 0 Å². The second-order valence-corrected chi connectivity index (χ2v) is 5.22. The molecule has 90 valence electrons. The number of benzene rings is 1. The third-order valence-electron chi connectivity index (χ3n) is 2.41. The Bertz CT molecular complexity index is 620. The molecule has 0 amide bonds. The molecule has 0 aliphatic heterocycles. The first-order valence-electron chi connectivity index (χ1n) is 5.33. The van der Waals surface area contributed by atoms with E-state index in [1.165, 1.54) is 6.33 Å². The van der Waals surface area contributed by atoms with E-state index in [1.54, 1.807) is 16.7 Å². The van der Waals surface area contributed by atoms with Gasteiger partial charge in [0.15, 0.2) is 0 Å². The third kappa shape index (κ3) is 2.45. The van der Waals surface area contributed by atoms with Crippen molar-refractivity contribution in [2.45, 2.75) is 20.4 Å². The molecule has 0 spiro atoms. The summed E-state index contributed by atoms with van der Waals surface area (Å²) in [7, 11) is 0. The Morgan fingerprint density at radius 2 is 2.06 bits per heavy atom. The van der Waals surface area contributed by atoms with E-state index in [1.807, 2.05) is 13.8 Å². The molecule has 2 aromatic rings. The Morgan fingerprint density at radius 1 is 1.35 bits per heavy atom. The van der Waals surface area contributed by atoms with Crippen molar-refractivity contribution in [1.82, 2.24) is 9.55 Å². The van der Waals surface area contributed by atoms with Crippen molar-refractivity contribution in [1.29, 1.82) is 0 Å². The maximum Gasteiger partial charge on any atom is 0.261 e. The summed E-state index contributed by atoms with van der Waals surface area (Å²) in [6, 6.07) is 3.19. The van der Waals surface area contributed by atoms with Crippen LogP contribution in [-0.4, -0.2) is 9.55 Å². The van der Waals surface area contributed by atoms with Gasteiger partial charge in [-0.05, 0) is 18.1 Å². The second-order valence-electron chi connectivity index (χ2n) is 4.38. The van der Waals surface area contributed by atoms with Crippen molar-refractivity contribution in [2.24, 2.45) is 5.92 Å². The number of aromatic nitrogens is 2. The zero-order valence-electron chi connectivity index (χ0n) is 9.58. The average Bonchev–Trinajstić information content (AvgIpc) is 2.22. The molecule has 1 aromatic heterocycles. The second kappa shape index (κ2) is 4.67. The predicted octanol–water partition coefficient (Wildman–Crippen LogP) is 3.36. The smallest absolute Gasteiger partial charge is 0.261 e. The van der Waals surface area contributed by atoms with Crippen LogP contribution in [0.2, 0.25) is 10.0 Å². The Labute approximate surface area is 109 Å². The van der Waals surface area contributed by atoms with Gasteiger partial charge in [-0.15, -0.1) is 0 Å². The Balaban J connectivity index is 2.71. The van der Waals surface area contributed by atoms with Crippen LogP contribution >= 0.6 is 23.2 Å². The Kier molecular flexibility index (Phi) is 3.40. The van der Waals surface area contributed by atoms with Gasteiger partial charge in [-0.1, -0.05) is 37.0 Å². The maximum atomic E-state index is 12.2. The largest absolute Gasteiger partial charge is 0.298 e. The zero-order chi connectivity index (χ0) is 12.6. The van der Waals surface area contributed by atoms with E-state index in [0.29, 0.717) is 33.4 Å². The van der Waals surface area contributed by atoms with Crippen molar-refractivity contribution in [3.05, 3.63) is 38.9 Å². The summed E-state index contributed by atoms with van der Waals surface area (Å²) in [6.45, 7) is 4.72. The standard InChI is InChI=1S/C12H12Cl2N2O/c1-7(2)5-16-6-15-11-9(12(16)17)3-8(13)4-10(11)14/h3-4,6-7H,5H2,1-2H3. The Morgan fingerprint density at radius 3 is 2.71 bits per heavy atom. The summed E-state index contributed by atoms with van der Waals surface area (Å²) in [5.41, 5.74) is 0.397. The lowest BCUT2D eigenvalue weighted by Crippen LogP contribution is -2.22. The first kappa shape index (κ1) is 12.4. The van der Waals surface area contributed by atoms with Gasteiger partial charge in [0.05, 0.1) is 22.3 Å². The van der Waals surface area contributed by atoms with Crippen molar-refractivity contribution < 1.29 is 0 Å². The van der Waals surface area contributed by atoms with Crippen LogP contribution in [-0.2, 0) is 6.54 Å². The molecule has 0 aliphatic carbocycles. The third-order valence-corrected chi connectivity index (χ3v) is 2.91. The molecule has 17 heavy (non-hydrogen) atoms. The molecule has 0 aliphatic rings. The molecule has 0 fully saturated rings. The van der Waals surface area contributed by atoms with E-state index in [0.717, 1.165) is 0 Å². The summed E-state index contributed by atoms with van der Waals surface area (Å²) in [4.78, 5) is 16.4. The number of hydrogen-bond acceptors (Lipinski definition) is 2. The first-order chi connectivity index (χ1) is 7.99. The molecule has 0 bridgehead atoms. The van der Waals surface area contributed by atoms with Crippen LogP contribution in [0, 0.1) is 5.92 Å². The van der Waals surface area contributed by atoms with Crippen LogP contribution in [0.5, 0.6) is 0 Å². The summed E-state index contributed by atoms with van der Waals surface area (Å²) in [6.07, 6.45) is 1.53. The highest BCUT2D eigenvalue weighted by atomic mass is 35.5.